The lowest BCUT2D eigenvalue weighted by Gasteiger charge is -2.18. The summed E-state index contributed by atoms with van der Waals surface area (Å²) < 4.78 is 16.5. The van der Waals surface area contributed by atoms with Crippen LogP contribution >= 0.6 is 23.1 Å². The smallest absolute Gasteiger partial charge is 0.230 e. The highest BCUT2D eigenvalue weighted by molar-refractivity contribution is 7.98. The van der Waals surface area contributed by atoms with E-state index in [-0.39, 0.29) is 11.6 Å². The van der Waals surface area contributed by atoms with Gasteiger partial charge in [0.25, 0.3) is 0 Å². The van der Waals surface area contributed by atoms with Crippen molar-refractivity contribution in [1.82, 2.24) is 19.7 Å². The maximum atomic E-state index is 14.3. The van der Waals surface area contributed by atoms with Crippen LogP contribution in [-0.4, -0.2) is 25.7 Å². The minimum atomic E-state index is -0.458. The molecule has 1 fully saturated rings. The Hall–Kier alpha value is -3.04. The number of halogens is 1. The molecule has 0 bridgehead atoms. The van der Waals surface area contributed by atoms with Gasteiger partial charge in [-0.25, -0.2) is 9.37 Å². The van der Waals surface area contributed by atoms with Crippen LogP contribution in [0, 0.1) is 5.82 Å². The van der Waals surface area contributed by atoms with E-state index in [1.807, 2.05) is 23.6 Å². The quantitative estimate of drug-likeness (QED) is 0.300. The molecule has 33 heavy (non-hydrogen) atoms. The lowest BCUT2D eigenvalue weighted by molar-refractivity contribution is -0.115. The van der Waals surface area contributed by atoms with Crippen LogP contribution in [0.3, 0.4) is 0 Å². The number of nitrogens with zero attached hydrogens (tertiary/aromatic N) is 5. The fourth-order valence-electron chi connectivity index (χ4n) is 3.61. The summed E-state index contributed by atoms with van der Waals surface area (Å²) in [5, 5.41) is 12.1. The Labute approximate surface area is 199 Å². The van der Waals surface area contributed by atoms with Gasteiger partial charge in [0.1, 0.15) is 11.6 Å². The molecular weight excluding hydrogens is 457 g/mol. The maximum Gasteiger partial charge on any atom is 0.230 e. The number of carbonyl (C=O) groups is 1. The molecule has 0 atom stereocenters. The molecule has 2 heterocycles. The number of thioether (sulfide) groups is 1. The summed E-state index contributed by atoms with van der Waals surface area (Å²) in [7, 11) is 0. The van der Waals surface area contributed by atoms with Crippen molar-refractivity contribution >= 4 is 39.8 Å². The zero-order valence-corrected chi connectivity index (χ0v) is 19.7. The molecule has 9 heteroatoms. The molecule has 4 aromatic rings. The van der Waals surface area contributed by atoms with Gasteiger partial charge < -0.3 is 4.57 Å². The van der Waals surface area contributed by atoms with E-state index in [1.54, 1.807) is 30.0 Å². The first-order chi connectivity index (χ1) is 16.1. The first kappa shape index (κ1) is 21.8. The Bertz CT molecular complexity index is 1270. The van der Waals surface area contributed by atoms with Gasteiger partial charge in [-0.2, -0.15) is 0 Å². The molecule has 6 nitrogen and oxygen atoms in total. The Balaban J connectivity index is 1.35. The SMILES string of the molecule is CC(=O)N(c1nc(CSc2nnc(C3CC3)n2Cc2ccccc2)cs1)c1ccccc1F. The van der Waals surface area contributed by atoms with Crippen LogP contribution in [0.25, 0.3) is 0 Å². The average molecular weight is 480 g/mol. The molecule has 0 radical (unpaired) electrons. The Morgan fingerprint density at radius 1 is 1.15 bits per heavy atom. The highest BCUT2D eigenvalue weighted by atomic mass is 32.2. The average Bonchev–Trinajstić information content (AvgIpc) is 3.42. The molecule has 0 spiro atoms. The van der Waals surface area contributed by atoms with Gasteiger partial charge in [-0.15, -0.1) is 21.5 Å². The first-order valence-corrected chi connectivity index (χ1v) is 12.6. The molecular formula is C24H22FN5OS2. The van der Waals surface area contributed by atoms with Gasteiger partial charge in [0.15, 0.2) is 10.3 Å². The van der Waals surface area contributed by atoms with E-state index in [1.165, 1.54) is 34.8 Å². The van der Waals surface area contributed by atoms with Gasteiger partial charge in [0.2, 0.25) is 5.91 Å². The molecule has 5 rings (SSSR count). The van der Waals surface area contributed by atoms with Gasteiger partial charge in [0.05, 0.1) is 17.9 Å². The summed E-state index contributed by atoms with van der Waals surface area (Å²) >= 11 is 2.90. The monoisotopic (exact) mass is 479 g/mol. The third kappa shape index (κ3) is 4.84. The Morgan fingerprint density at radius 3 is 2.64 bits per heavy atom. The van der Waals surface area contributed by atoms with E-state index < -0.39 is 5.82 Å². The zero-order chi connectivity index (χ0) is 22.8. The second-order valence-corrected chi connectivity index (χ2v) is 9.68. The fourth-order valence-corrected chi connectivity index (χ4v) is 5.43. The van der Waals surface area contributed by atoms with E-state index in [0.717, 1.165) is 36.1 Å². The number of aromatic nitrogens is 4. The first-order valence-electron chi connectivity index (χ1n) is 10.7. The number of rotatable bonds is 8. The molecule has 0 saturated heterocycles. The third-order valence-electron chi connectivity index (χ3n) is 5.36. The molecule has 1 aliphatic carbocycles. The molecule has 0 aliphatic heterocycles. The third-order valence-corrected chi connectivity index (χ3v) is 7.23. The lowest BCUT2D eigenvalue weighted by atomic mass is 10.2. The topological polar surface area (TPSA) is 63.9 Å². The number of benzene rings is 2. The van der Waals surface area contributed by atoms with E-state index in [2.05, 4.69) is 31.9 Å². The van der Waals surface area contributed by atoms with Gasteiger partial charge in [-0.3, -0.25) is 9.69 Å². The van der Waals surface area contributed by atoms with Crippen LogP contribution in [0.1, 0.15) is 42.8 Å². The number of hydrogen-bond donors (Lipinski definition) is 0. The normalized spacial score (nSPS) is 13.3. The number of hydrogen-bond acceptors (Lipinski definition) is 6. The summed E-state index contributed by atoms with van der Waals surface area (Å²) in [4.78, 5) is 18.2. The van der Waals surface area contributed by atoms with Crippen molar-refractivity contribution in [3.63, 3.8) is 0 Å². The van der Waals surface area contributed by atoms with Crippen LogP contribution < -0.4 is 4.90 Å². The van der Waals surface area contributed by atoms with Crippen molar-refractivity contribution in [1.29, 1.82) is 0 Å². The predicted molar refractivity (Wildman–Crippen MR) is 128 cm³/mol. The predicted octanol–water partition coefficient (Wildman–Crippen LogP) is 5.78. The Kier molecular flexibility index (Phi) is 6.24. The number of amides is 1. The lowest BCUT2D eigenvalue weighted by Crippen LogP contribution is -2.23. The van der Waals surface area contributed by atoms with Gasteiger partial charge >= 0.3 is 0 Å². The maximum absolute atomic E-state index is 14.3. The van der Waals surface area contributed by atoms with Gasteiger partial charge in [0, 0.05) is 24.0 Å². The fraction of sp³-hybridized carbons (Fsp3) is 0.250. The highest BCUT2D eigenvalue weighted by Gasteiger charge is 2.30. The minimum Gasteiger partial charge on any atom is -0.301 e. The molecule has 2 aromatic heterocycles. The second kappa shape index (κ2) is 9.44. The van der Waals surface area contributed by atoms with E-state index in [9.17, 15) is 9.18 Å². The molecule has 0 N–H and O–H groups in total. The van der Waals surface area contributed by atoms with Crippen molar-refractivity contribution in [2.24, 2.45) is 0 Å². The van der Waals surface area contributed by atoms with E-state index >= 15 is 0 Å². The van der Waals surface area contributed by atoms with Crippen molar-refractivity contribution in [2.75, 3.05) is 4.90 Å². The largest absolute Gasteiger partial charge is 0.301 e. The van der Waals surface area contributed by atoms with Crippen molar-refractivity contribution < 1.29 is 9.18 Å². The van der Waals surface area contributed by atoms with Crippen molar-refractivity contribution in [3.05, 3.63) is 82.9 Å². The highest BCUT2D eigenvalue weighted by Crippen LogP contribution is 2.40. The standard InChI is InChI=1S/C24H22FN5OS2/c1-16(31)30(21-10-6-5-9-20(21)25)23-26-19(14-32-23)15-33-24-28-27-22(18-11-12-18)29(24)13-17-7-3-2-4-8-17/h2-10,14,18H,11-13,15H2,1H3. The van der Waals surface area contributed by atoms with Crippen molar-refractivity contribution in [3.8, 4) is 0 Å². The molecule has 0 unspecified atom stereocenters. The summed E-state index contributed by atoms with van der Waals surface area (Å²) in [6.07, 6.45) is 2.31. The molecule has 1 amide bonds. The summed E-state index contributed by atoms with van der Waals surface area (Å²) in [6.45, 7) is 2.14. The molecule has 168 valence electrons. The van der Waals surface area contributed by atoms with E-state index in [0.29, 0.717) is 16.8 Å². The summed E-state index contributed by atoms with van der Waals surface area (Å²) in [5.41, 5.74) is 2.22. The van der Waals surface area contributed by atoms with Gasteiger partial charge in [-0.05, 0) is 30.5 Å². The van der Waals surface area contributed by atoms with Crippen LogP contribution in [0.5, 0.6) is 0 Å². The van der Waals surface area contributed by atoms with Crippen LogP contribution in [0.2, 0.25) is 0 Å². The summed E-state index contributed by atoms with van der Waals surface area (Å²) in [6, 6.07) is 16.5. The van der Waals surface area contributed by atoms with E-state index in [4.69, 9.17) is 0 Å². The Morgan fingerprint density at radius 2 is 1.91 bits per heavy atom. The van der Waals surface area contributed by atoms with Gasteiger partial charge in [-0.1, -0.05) is 54.2 Å². The number of carbonyl (C=O) groups excluding carboxylic acids is 1. The van der Waals surface area contributed by atoms with Crippen LogP contribution in [-0.2, 0) is 17.1 Å². The summed E-state index contributed by atoms with van der Waals surface area (Å²) in [5.74, 6) is 1.37. The second-order valence-electron chi connectivity index (χ2n) is 7.90. The van der Waals surface area contributed by atoms with Crippen LogP contribution in [0.4, 0.5) is 15.2 Å². The zero-order valence-electron chi connectivity index (χ0n) is 18.0. The molecule has 1 saturated carbocycles. The number of anilines is 2. The number of para-hydroxylation sites is 1. The molecule has 2 aromatic carbocycles. The molecule has 1 aliphatic rings. The van der Waals surface area contributed by atoms with Crippen LogP contribution in [0.15, 0.2) is 65.1 Å². The van der Waals surface area contributed by atoms with Crippen molar-refractivity contribution in [2.45, 2.75) is 43.1 Å². The number of thiazole rings is 1. The minimum absolute atomic E-state index is 0.204.